The van der Waals surface area contributed by atoms with Crippen molar-refractivity contribution in [2.45, 2.75) is 32.0 Å². The predicted octanol–water partition coefficient (Wildman–Crippen LogP) is 5.51. The van der Waals surface area contributed by atoms with Crippen LogP contribution in [-0.4, -0.2) is 41.6 Å². The van der Waals surface area contributed by atoms with E-state index in [1.807, 2.05) is 35.4 Å². The summed E-state index contributed by atoms with van der Waals surface area (Å²) in [6.07, 6.45) is 7.18. The highest BCUT2D eigenvalue weighted by molar-refractivity contribution is 5.74. The lowest BCUT2D eigenvalue weighted by Gasteiger charge is -2.38. The van der Waals surface area contributed by atoms with Crippen LogP contribution in [0.3, 0.4) is 0 Å². The first-order valence-corrected chi connectivity index (χ1v) is 11.6. The zero-order chi connectivity index (χ0) is 24.3. The van der Waals surface area contributed by atoms with Gasteiger partial charge in [0.05, 0.1) is 6.61 Å². The molecule has 3 rings (SSSR count). The van der Waals surface area contributed by atoms with Crippen molar-refractivity contribution < 1.29 is 13.9 Å². The number of nitrogens with one attached hydrogen (secondary N) is 1. The Morgan fingerprint density at radius 2 is 1.68 bits per heavy atom. The van der Waals surface area contributed by atoms with Crippen molar-refractivity contribution in [3.63, 3.8) is 0 Å². The van der Waals surface area contributed by atoms with Crippen LogP contribution in [0.25, 0.3) is 0 Å². The zero-order valence-corrected chi connectivity index (χ0v) is 19.7. The molecule has 0 spiro atoms. The fraction of sp³-hybridized carbons (Fsp3) is 0.321. The Morgan fingerprint density at radius 3 is 2.26 bits per heavy atom. The van der Waals surface area contributed by atoms with Crippen LogP contribution in [0.2, 0.25) is 0 Å². The number of carbonyl (C=O) groups is 1. The zero-order valence-electron chi connectivity index (χ0n) is 19.7. The number of hydrogen-bond donors (Lipinski definition) is 1. The molecule has 1 heterocycles. The van der Waals surface area contributed by atoms with E-state index in [4.69, 9.17) is 4.74 Å². The lowest BCUT2D eigenvalue weighted by Crippen LogP contribution is -2.49. The van der Waals surface area contributed by atoms with Crippen LogP contribution < -0.4 is 10.1 Å². The molecule has 6 heteroatoms. The normalized spacial score (nSPS) is 13.9. The number of urea groups is 1. The van der Waals surface area contributed by atoms with E-state index in [0.29, 0.717) is 19.7 Å². The van der Waals surface area contributed by atoms with E-state index >= 15 is 0 Å². The van der Waals surface area contributed by atoms with Crippen molar-refractivity contribution in [1.29, 1.82) is 0 Å². The van der Waals surface area contributed by atoms with Crippen molar-refractivity contribution in [1.82, 2.24) is 15.1 Å². The summed E-state index contributed by atoms with van der Waals surface area (Å²) in [7, 11) is 0. The number of likely N-dealkylation sites (tertiary alicyclic amines) is 1. The van der Waals surface area contributed by atoms with Gasteiger partial charge in [-0.1, -0.05) is 43.0 Å². The monoisotopic (exact) mass is 463 g/mol. The molecule has 1 N–H and O–H groups in total. The van der Waals surface area contributed by atoms with Gasteiger partial charge < -0.3 is 19.9 Å². The second kappa shape index (κ2) is 12.6. The van der Waals surface area contributed by atoms with Crippen molar-refractivity contribution in [2.75, 3.05) is 19.7 Å². The van der Waals surface area contributed by atoms with Gasteiger partial charge in [-0.2, -0.15) is 0 Å². The average Bonchev–Trinajstić information content (AvgIpc) is 2.88. The van der Waals surface area contributed by atoms with Crippen molar-refractivity contribution in [2.24, 2.45) is 5.92 Å². The summed E-state index contributed by atoms with van der Waals surface area (Å²) in [4.78, 5) is 17.3. The van der Waals surface area contributed by atoms with Crippen LogP contribution in [0.4, 0.5) is 9.18 Å². The number of benzene rings is 2. The number of ether oxygens (including phenoxy) is 1. The van der Waals surface area contributed by atoms with Gasteiger partial charge in [0.15, 0.2) is 0 Å². The number of amides is 2. The highest BCUT2D eigenvalue weighted by Gasteiger charge is 2.27. The lowest BCUT2D eigenvalue weighted by molar-refractivity contribution is 0.133. The summed E-state index contributed by atoms with van der Waals surface area (Å²) in [5.74, 6) is 0.580. The Morgan fingerprint density at radius 1 is 1.06 bits per heavy atom. The minimum Gasteiger partial charge on any atom is -0.493 e. The Bertz CT molecular complexity index is 943. The van der Waals surface area contributed by atoms with E-state index in [-0.39, 0.29) is 23.8 Å². The van der Waals surface area contributed by atoms with Crippen molar-refractivity contribution in [3.05, 3.63) is 104 Å². The molecule has 2 aromatic carbocycles. The van der Waals surface area contributed by atoms with Crippen LogP contribution >= 0.6 is 0 Å². The van der Waals surface area contributed by atoms with E-state index in [1.54, 1.807) is 24.3 Å². The number of piperidine rings is 1. The van der Waals surface area contributed by atoms with Crippen LogP contribution in [0.5, 0.6) is 5.75 Å². The summed E-state index contributed by atoms with van der Waals surface area (Å²) in [6.45, 7) is 14.4. The molecule has 0 radical (unpaired) electrons. The maximum Gasteiger partial charge on any atom is 0.318 e. The van der Waals surface area contributed by atoms with Gasteiger partial charge in [-0.05, 0) is 54.4 Å². The van der Waals surface area contributed by atoms with Crippen molar-refractivity contribution in [3.8, 4) is 5.75 Å². The van der Waals surface area contributed by atoms with Crippen LogP contribution in [0.15, 0.2) is 86.6 Å². The summed E-state index contributed by atoms with van der Waals surface area (Å²) in [6, 6.07) is 14.0. The molecule has 34 heavy (non-hydrogen) atoms. The fourth-order valence-electron chi connectivity index (χ4n) is 3.94. The van der Waals surface area contributed by atoms with E-state index < -0.39 is 0 Å². The molecular weight excluding hydrogens is 429 g/mol. The Balaban J connectivity index is 1.60. The first-order chi connectivity index (χ1) is 16.5. The van der Waals surface area contributed by atoms with Gasteiger partial charge in [0.25, 0.3) is 0 Å². The molecule has 180 valence electrons. The molecule has 5 nitrogen and oxygen atoms in total. The van der Waals surface area contributed by atoms with E-state index in [0.717, 1.165) is 42.8 Å². The fourth-order valence-corrected chi connectivity index (χ4v) is 3.94. The third-order valence-electron chi connectivity index (χ3n) is 6.14. The number of halogens is 1. The minimum absolute atomic E-state index is 0.101. The Labute approximate surface area is 202 Å². The van der Waals surface area contributed by atoms with Gasteiger partial charge in [0.1, 0.15) is 11.6 Å². The first-order valence-electron chi connectivity index (χ1n) is 11.6. The standard InChI is InChI=1S/C28H34FN3O2/c1-4-22(5-2)21-34-27-13-9-23(10-14-27)19-30-28(33)32(20-24-7-11-25(29)12-8-24)26-15-17-31(6-3)18-16-26/h4-14,22,26H,1-3,15-21H2,(H,30,33). The predicted molar refractivity (Wildman–Crippen MR) is 135 cm³/mol. The van der Waals surface area contributed by atoms with E-state index in [1.165, 1.54) is 12.1 Å². The molecule has 1 fully saturated rings. The molecule has 1 aliphatic heterocycles. The van der Waals surface area contributed by atoms with E-state index in [2.05, 4.69) is 30.0 Å². The van der Waals surface area contributed by atoms with Crippen LogP contribution in [-0.2, 0) is 13.1 Å². The topological polar surface area (TPSA) is 44.8 Å². The lowest BCUT2D eigenvalue weighted by atomic mass is 10.0. The van der Waals surface area contributed by atoms with E-state index in [9.17, 15) is 9.18 Å². The van der Waals surface area contributed by atoms with Gasteiger partial charge in [0.2, 0.25) is 0 Å². The largest absolute Gasteiger partial charge is 0.493 e. The molecule has 1 saturated heterocycles. The molecule has 2 aromatic rings. The van der Waals surface area contributed by atoms with Crippen LogP contribution in [0, 0.1) is 11.7 Å². The van der Waals surface area contributed by atoms with Gasteiger partial charge >= 0.3 is 6.03 Å². The molecule has 0 aliphatic carbocycles. The maximum atomic E-state index is 13.4. The van der Waals surface area contributed by atoms with Gasteiger partial charge in [-0.25, -0.2) is 9.18 Å². The molecular formula is C28H34FN3O2. The van der Waals surface area contributed by atoms with Crippen molar-refractivity contribution >= 4 is 6.03 Å². The first kappa shape index (κ1) is 25.1. The molecule has 0 unspecified atom stereocenters. The minimum atomic E-state index is -0.282. The van der Waals surface area contributed by atoms with Crippen LogP contribution in [0.1, 0.15) is 24.0 Å². The average molecular weight is 464 g/mol. The third-order valence-corrected chi connectivity index (χ3v) is 6.14. The highest BCUT2D eigenvalue weighted by Crippen LogP contribution is 2.20. The Kier molecular flexibility index (Phi) is 9.32. The molecule has 0 bridgehead atoms. The van der Waals surface area contributed by atoms with Gasteiger partial charge in [-0.3, -0.25) is 0 Å². The SMILES string of the molecule is C=CC(C=C)COc1ccc(CNC(=O)N(Cc2ccc(F)cc2)C2CCN(C=C)CC2)cc1. The second-order valence-corrected chi connectivity index (χ2v) is 8.45. The summed E-state index contributed by atoms with van der Waals surface area (Å²) >= 11 is 0. The maximum absolute atomic E-state index is 13.4. The second-order valence-electron chi connectivity index (χ2n) is 8.45. The number of carbonyl (C=O) groups excluding carboxylic acids is 1. The molecule has 1 aliphatic rings. The van der Waals surface area contributed by atoms with Gasteiger partial charge in [0, 0.05) is 38.1 Å². The third kappa shape index (κ3) is 7.24. The molecule has 2 amide bonds. The summed E-state index contributed by atoms with van der Waals surface area (Å²) in [5.41, 5.74) is 1.88. The highest BCUT2D eigenvalue weighted by atomic mass is 19.1. The smallest absolute Gasteiger partial charge is 0.318 e. The summed E-state index contributed by atoms with van der Waals surface area (Å²) < 4.78 is 19.1. The molecule has 0 atom stereocenters. The number of hydrogen-bond acceptors (Lipinski definition) is 3. The Hall–Kier alpha value is -3.54. The molecule has 0 saturated carbocycles. The number of nitrogens with zero attached hydrogens (tertiary/aromatic N) is 2. The number of rotatable bonds is 11. The quantitative estimate of drug-likeness (QED) is 0.447. The molecule has 0 aromatic heterocycles. The van der Waals surface area contributed by atoms with Gasteiger partial charge in [-0.15, -0.1) is 13.2 Å². The summed E-state index contributed by atoms with van der Waals surface area (Å²) in [5, 5.41) is 3.05.